The second kappa shape index (κ2) is 6.96. The lowest BCUT2D eigenvalue weighted by Gasteiger charge is -2.44. The van der Waals surface area contributed by atoms with Gasteiger partial charge in [-0.1, -0.05) is 6.42 Å². The first kappa shape index (κ1) is 18.3. The molecule has 1 aromatic heterocycles. The molecule has 0 spiro atoms. The molecule has 1 saturated carbocycles. The van der Waals surface area contributed by atoms with Gasteiger partial charge in [-0.2, -0.15) is 0 Å². The number of piperazine rings is 1. The Morgan fingerprint density at radius 1 is 1.11 bits per heavy atom. The van der Waals surface area contributed by atoms with E-state index in [0.717, 1.165) is 47.4 Å². The molecule has 150 valence electrons. The number of hydrogen-bond acceptors (Lipinski definition) is 7. The summed E-state index contributed by atoms with van der Waals surface area (Å²) in [4.78, 5) is 14.0. The second-order valence-corrected chi connectivity index (χ2v) is 10.8. The number of aryl methyl sites for hydroxylation is 1. The zero-order valence-electron chi connectivity index (χ0n) is 16.0. The van der Waals surface area contributed by atoms with Gasteiger partial charge in [-0.05, 0) is 38.0 Å². The van der Waals surface area contributed by atoms with Crippen LogP contribution in [0, 0.1) is 6.92 Å². The summed E-state index contributed by atoms with van der Waals surface area (Å²) in [5, 5.41) is 0.942. The van der Waals surface area contributed by atoms with E-state index in [1.165, 1.54) is 34.9 Å². The summed E-state index contributed by atoms with van der Waals surface area (Å²) in [5.74, 6) is 0.619. The molecule has 1 aliphatic carbocycles. The van der Waals surface area contributed by atoms with E-state index in [9.17, 15) is 8.42 Å². The first-order valence-corrected chi connectivity index (χ1v) is 12.2. The molecule has 5 rings (SSSR count). The normalized spacial score (nSPS) is 22.0. The second-order valence-electron chi connectivity index (χ2n) is 7.73. The molecule has 9 heteroatoms. The monoisotopic (exact) mass is 419 g/mol. The van der Waals surface area contributed by atoms with E-state index >= 15 is 0 Å². The number of sulfonamides is 1. The average molecular weight is 420 g/mol. The molecule has 2 fully saturated rings. The lowest BCUT2D eigenvalue weighted by atomic mass is 9.91. The Balaban J connectivity index is 1.36. The van der Waals surface area contributed by atoms with Crippen LogP contribution in [0.2, 0.25) is 0 Å². The van der Waals surface area contributed by atoms with Crippen LogP contribution in [0.5, 0.6) is 0 Å². The zero-order valence-corrected chi connectivity index (χ0v) is 17.7. The SMILES string of the molecule is Cc1nc2ccc(S(=O)(=O)N3CCN=C3N3CCN(C4CCC4)CC3)cc2s1. The van der Waals surface area contributed by atoms with Crippen molar-refractivity contribution >= 4 is 37.5 Å². The van der Waals surface area contributed by atoms with Gasteiger partial charge in [-0.25, -0.2) is 17.7 Å². The van der Waals surface area contributed by atoms with E-state index in [1.807, 2.05) is 6.92 Å². The minimum absolute atomic E-state index is 0.325. The van der Waals surface area contributed by atoms with Gasteiger partial charge in [0.05, 0.1) is 33.2 Å². The molecule has 28 heavy (non-hydrogen) atoms. The molecule has 2 aliphatic heterocycles. The zero-order chi connectivity index (χ0) is 19.3. The van der Waals surface area contributed by atoms with Crippen molar-refractivity contribution in [3.63, 3.8) is 0 Å². The van der Waals surface area contributed by atoms with Crippen molar-refractivity contribution < 1.29 is 8.42 Å². The van der Waals surface area contributed by atoms with Crippen LogP contribution in [-0.4, -0.2) is 78.8 Å². The molecule has 0 unspecified atom stereocenters. The van der Waals surface area contributed by atoms with E-state index in [4.69, 9.17) is 0 Å². The summed E-state index contributed by atoms with van der Waals surface area (Å²) in [6.07, 6.45) is 3.95. The first-order valence-electron chi connectivity index (χ1n) is 9.96. The van der Waals surface area contributed by atoms with Crippen molar-refractivity contribution in [2.75, 3.05) is 39.3 Å². The lowest BCUT2D eigenvalue weighted by molar-refractivity contribution is 0.0833. The third-order valence-electron chi connectivity index (χ3n) is 6.02. The molecular weight excluding hydrogens is 394 g/mol. The third-order valence-corrected chi connectivity index (χ3v) is 8.73. The van der Waals surface area contributed by atoms with Crippen molar-refractivity contribution in [2.45, 2.75) is 37.1 Å². The lowest BCUT2D eigenvalue weighted by Crippen LogP contribution is -2.56. The summed E-state index contributed by atoms with van der Waals surface area (Å²) in [6.45, 7) is 6.54. The highest BCUT2D eigenvalue weighted by atomic mass is 32.2. The molecule has 0 radical (unpaired) electrons. The standard InChI is InChI=1S/C19H25N5O2S2/c1-14-21-17-6-5-16(13-18(17)27-14)28(25,26)24-8-7-20-19(24)23-11-9-22(10-12-23)15-3-2-4-15/h5-6,13,15H,2-4,7-12H2,1H3. The van der Waals surface area contributed by atoms with Crippen LogP contribution >= 0.6 is 11.3 Å². The molecule has 1 aromatic carbocycles. The Morgan fingerprint density at radius 3 is 2.61 bits per heavy atom. The predicted molar refractivity (Wildman–Crippen MR) is 111 cm³/mol. The van der Waals surface area contributed by atoms with Gasteiger partial charge in [0.15, 0.2) is 0 Å². The van der Waals surface area contributed by atoms with E-state index in [2.05, 4.69) is 19.8 Å². The van der Waals surface area contributed by atoms with Crippen molar-refractivity contribution in [1.82, 2.24) is 19.1 Å². The number of guanidine groups is 1. The Morgan fingerprint density at radius 2 is 1.89 bits per heavy atom. The number of rotatable bonds is 3. The average Bonchev–Trinajstić information content (AvgIpc) is 3.26. The predicted octanol–water partition coefficient (Wildman–Crippen LogP) is 2.14. The minimum atomic E-state index is -3.62. The van der Waals surface area contributed by atoms with Crippen LogP contribution in [0.3, 0.4) is 0 Å². The molecule has 1 saturated heterocycles. The number of thiazole rings is 1. The molecule has 0 atom stereocenters. The van der Waals surface area contributed by atoms with Gasteiger partial charge < -0.3 is 4.90 Å². The molecule has 0 N–H and O–H groups in total. The molecule has 3 aliphatic rings. The van der Waals surface area contributed by atoms with Crippen LogP contribution in [0.1, 0.15) is 24.3 Å². The highest BCUT2D eigenvalue weighted by Gasteiger charge is 2.36. The fourth-order valence-corrected chi connectivity index (χ4v) is 6.66. The summed E-state index contributed by atoms with van der Waals surface area (Å²) >= 11 is 1.52. The summed E-state index contributed by atoms with van der Waals surface area (Å²) in [5.41, 5.74) is 0.851. The molecule has 0 amide bonds. The molecule has 3 heterocycles. The molecular formula is C19H25N5O2S2. The fraction of sp³-hybridized carbons (Fsp3) is 0.579. The Hall–Kier alpha value is -1.71. The topological polar surface area (TPSA) is 69.1 Å². The number of aliphatic imine (C=N–C) groups is 1. The fourth-order valence-electron chi connectivity index (χ4n) is 4.25. The van der Waals surface area contributed by atoms with E-state index < -0.39 is 10.0 Å². The smallest absolute Gasteiger partial charge is 0.266 e. The van der Waals surface area contributed by atoms with Gasteiger partial charge >= 0.3 is 0 Å². The van der Waals surface area contributed by atoms with Crippen LogP contribution < -0.4 is 0 Å². The summed E-state index contributed by atoms with van der Waals surface area (Å²) in [6, 6.07) is 5.96. The van der Waals surface area contributed by atoms with Crippen LogP contribution in [0.4, 0.5) is 0 Å². The highest BCUT2D eigenvalue weighted by molar-refractivity contribution is 7.89. The van der Waals surface area contributed by atoms with Crippen LogP contribution in [-0.2, 0) is 10.0 Å². The van der Waals surface area contributed by atoms with Crippen molar-refractivity contribution in [1.29, 1.82) is 0 Å². The van der Waals surface area contributed by atoms with Gasteiger partial charge in [-0.15, -0.1) is 11.3 Å². The van der Waals surface area contributed by atoms with Crippen LogP contribution in [0.25, 0.3) is 10.2 Å². The summed E-state index contributed by atoms with van der Waals surface area (Å²) < 4.78 is 29.1. The van der Waals surface area contributed by atoms with Crippen molar-refractivity contribution in [3.8, 4) is 0 Å². The maximum Gasteiger partial charge on any atom is 0.266 e. The van der Waals surface area contributed by atoms with E-state index in [-0.39, 0.29) is 0 Å². The quantitative estimate of drug-likeness (QED) is 0.762. The van der Waals surface area contributed by atoms with E-state index in [0.29, 0.717) is 23.9 Å². The number of fused-ring (bicyclic) bond motifs is 1. The van der Waals surface area contributed by atoms with Gasteiger partial charge in [-0.3, -0.25) is 9.89 Å². The summed E-state index contributed by atoms with van der Waals surface area (Å²) in [7, 11) is -3.62. The number of nitrogens with zero attached hydrogens (tertiary/aromatic N) is 5. The Kier molecular flexibility index (Phi) is 4.56. The van der Waals surface area contributed by atoms with Gasteiger partial charge in [0.2, 0.25) is 5.96 Å². The molecule has 7 nitrogen and oxygen atoms in total. The maximum atomic E-state index is 13.4. The van der Waals surface area contributed by atoms with Gasteiger partial charge in [0.1, 0.15) is 0 Å². The number of aromatic nitrogens is 1. The number of hydrogen-bond donors (Lipinski definition) is 0. The van der Waals surface area contributed by atoms with Crippen LogP contribution in [0.15, 0.2) is 28.1 Å². The Labute approximate surface area is 169 Å². The van der Waals surface area contributed by atoms with Crippen molar-refractivity contribution in [3.05, 3.63) is 23.2 Å². The van der Waals surface area contributed by atoms with E-state index in [1.54, 1.807) is 18.2 Å². The highest BCUT2D eigenvalue weighted by Crippen LogP contribution is 2.29. The van der Waals surface area contributed by atoms with Crippen molar-refractivity contribution in [2.24, 2.45) is 4.99 Å². The van der Waals surface area contributed by atoms with Gasteiger partial charge in [0.25, 0.3) is 10.0 Å². The number of benzene rings is 1. The Bertz CT molecular complexity index is 1020. The largest absolute Gasteiger partial charge is 0.339 e. The minimum Gasteiger partial charge on any atom is -0.339 e. The third kappa shape index (κ3) is 3.09. The molecule has 2 aromatic rings. The molecule has 0 bridgehead atoms. The van der Waals surface area contributed by atoms with Gasteiger partial charge in [0, 0.05) is 32.2 Å². The maximum absolute atomic E-state index is 13.4. The first-order chi connectivity index (χ1) is 13.5.